The van der Waals surface area contributed by atoms with E-state index in [9.17, 15) is 0 Å². The highest BCUT2D eigenvalue weighted by molar-refractivity contribution is 6.15. The van der Waals surface area contributed by atoms with Crippen molar-refractivity contribution >= 4 is 65.2 Å². The van der Waals surface area contributed by atoms with Crippen molar-refractivity contribution in [1.82, 2.24) is 24.1 Å². The summed E-state index contributed by atoms with van der Waals surface area (Å²) in [5.74, 6) is 1.86. The van der Waals surface area contributed by atoms with Crippen LogP contribution in [0.5, 0.6) is 0 Å². The summed E-state index contributed by atoms with van der Waals surface area (Å²) in [5, 5.41) is 9.43. The quantitative estimate of drug-likeness (QED) is 0.177. The largest absolute Gasteiger partial charge is 0.309 e. The van der Waals surface area contributed by atoms with Gasteiger partial charge in [-0.25, -0.2) is 15.0 Å². The van der Waals surface area contributed by atoms with Crippen molar-refractivity contribution in [2.75, 3.05) is 0 Å². The summed E-state index contributed by atoms with van der Waals surface area (Å²) in [4.78, 5) is 16.0. The molecule has 0 atom stereocenters. The van der Waals surface area contributed by atoms with E-state index >= 15 is 0 Å². The minimum atomic E-state index is 0.611. The SMILES string of the molecule is c1ccc(-n2c3ccccc3c3cccc(-c4nc(-c5cccc(-n6c7ccccc7c7cc8ccccc8cc76)c5)nc(-c5cccc6ccccc56)n4)c32)cc1. The van der Waals surface area contributed by atoms with Gasteiger partial charge in [-0.2, -0.15) is 0 Å². The summed E-state index contributed by atoms with van der Waals surface area (Å²) in [5.41, 5.74) is 9.43. The molecule has 12 rings (SSSR count). The lowest BCUT2D eigenvalue weighted by atomic mass is 10.0. The molecule has 5 heteroatoms. The van der Waals surface area contributed by atoms with Crippen molar-refractivity contribution in [2.24, 2.45) is 0 Å². The average Bonchev–Trinajstić information content (AvgIpc) is 3.81. The third kappa shape index (κ3) is 5.00. The lowest BCUT2D eigenvalue weighted by Crippen LogP contribution is -2.03. The molecule has 9 aromatic carbocycles. The second kappa shape index (κ2) is 12.8. The van der Waals surface area contributed by atoms with Crippen molar-refractivity contribution in [2.45, 2.75) is 0 Å². The van der Waals surface area contributed by atoms with Crippen molar-refractivity contribution in [3.63, 3.8) is 0 Å². The molecule has 0 saturated carbocycles. The normalized spacial score (nSPS) is 11.8. The van der Waals surface area contributed by atoms with Crippen LogP contribution in [0.1, 0.15) is 0 Å². The van der Waals surface area contributed by atoms with Crippen LogP contribution in [0.25, 0.3) is 111 Å². The smallest absolute Gasteiger partial charge is 0.166 e. The zero-order chi connectivity index (χ0) is 38.2. The number of fused-ring (bicyclic) bond motifs is 8. The fourth-order valence-corrected chi connectivity index (χ4v) is 8.93. The van der Waals surface area contributed by atoms with Crippen molar-refractivity contribution in [3.8, 4) is 45.5 Å². The molecule has 0 aliphatic heterocycles. The number of nitrogens with zero attached hydrogens (tertiary/aromatic N) is 5. The van der Waals surface area contributed by atoms with Gasteiger partial charge in [0, 0.05) is 49.6 Å². The fraction of sp³-hybridized carbons (Fsp3) is 0. The first-order chi connectivity index (χ1) is 28.8. The average molecular weight is 740 g/mol. The Morgan fingerprint density at radius 1 is 0.293 bits per heavy atom. The third-order valence-corrected chi connectivity index (χ3v) is 11.5. The van der Waals surface area contributed by atoms with Gasteiger partial charge in [0.1, 0.15) is 0 Å². The molecule has 3 aromatic heterocycles. The van der Waals surface area contributed by atoms with Gasteiger partial charge in [0.25, 0.3) is 0 Å². The van der Waals surface area contributed by atoms with E-state index in [1.165, 1.54) is 26.9 Å². The van der Waals surface area contributed by atoms with Crippen LogP contribution in [-0.2, 0) is 0 Å². The summed E-state index contributed by atoms with van der Waals surface area (Å²) in [6.07, 6.45) is 0. The second-order valence-electron chi connectivity index (χ2n) is 14.8. The summed E-state index contributed by atoms with van der Waals surface area (Å²) >= 11 is 0. The van der Waals surface area contributed by atoms with Crippen LogP contribution < -0.4 is 0 Å². The molecule has 58 heavy (non-hydrogen) atoms. The Hall–Kier alpha value is -7.89. The number of para-hydroxylation sites is 4. The Kier molecular flexibility index (Phi) is 7.16. The van der Waals surface area contributed by atoms with Crippen LogP contribution in [0.2, 0.25) is 0 Å². The predicted molar refractivity (Wildman–Crippen MR) is 240 cm³/mol. The number of hydrogen-bond acceptors (Lipinski definition) is 3. The van der Waals surface area contributed by atoms with E-state index in [0.29, 0.717) is 17.5 Å². The molecule has 0 N–H and O–H groups in total. The van der Waals surface area contributed by atoms with Gasteiger partial charge in [-0.05, 0) is 76.1 Å². The molecule has 3 heterocycles. The molecule has 0 unspecified atom stereocenters. The molecule has 0 amide bonds. The van der Waals surface area contributed by atoms with Crippen LogP contribution in [0.4, 0.5) is 0 Å². The van der Waals surface area contributed by atoms with E-state index in [1.807, 2.05) is 0 Å². The predicted octanol–water partition coefficient (Wildman–Crippen LogP) is 13.4. The number of rotatable bonds is 5. The molecular formula is C53H33N5. The summed E-state index contributed by atoms with van der Waals surface area (Å²) in [6.45, 7) is 0. The van der Waals surface area contributed by atoms with Gasteiger partial charge >= 0.3 is 0 Å². The zero-order valence-corrected chi connectivity index (χ0v) is 31.3. The topological polar surface area (TPSA) is 48.5 Å². The van der Waals surface area contributed by atoms with E-state index in [-0.39, 0.29) is 0 Å². The van der Waals surface area contributed by atoms with E-state index < -0.39 is 0 Å². The molecule has 0 aliphatic carbocycles. The summed E-state index contributed by atoms with van der Waals surface area (Å²) in [6, 6.07) is 70.9. The van der Waals surface area contributed by atoms with Crippen LogP contribution in [0.15, 0.2) is 200 Å². The van der Waals surface area contributed by atoms with E-state index in [0.717, 1.165) is 66.3 Å². The highest BCUT2D eigenvalue weighted by Gasteiger charge is 2.21. The molecule has 5 nitrogen and oxygen atoms in total. The Labute approximate surface area is 333 Å². The Morgan fingerprint density at radius 2 is 0.828 bits per heavy atom. The van der Waals surface area contributed by atoms with Crippen LogP contribution in [0, 0.1) is 0 Å². The molecule has 0 bridgehead atoms. The maximum Gasteiger partial charge on any atom is 0.166 e. The maximum atomic E-state index is 5.38. The molecular weight excluding hydrogens is 707 g/mol. The zero-order valence-electron chi connectivity index (χ0n) is 31.3. The first kappa shape index (κ1) is 32.4. The minimum Gasteiger partial charge on any atom is -0.309 e. The second-order valence-corrected chi connectivity index (χ2v) is 14.8. The van der Waals surface area contributed by atoms with Crippen molar-refractivity contribution < 1.29 is 0 Å². The monoisotopic (exact) mass is 739 g/mol. The van der Waals surface area contributed by atoms with Gasteiger partial charge in [-0.15, -0.1) is 0 Å². The standard InChI is InChI=1S/C53H33N5/c1-2-20-38(21-3-1)58-48-30-11-8-24-41(48)43-26-14-28-45(50(43)58)53-55-51(54-52(56-53)44-27-13-18-34-15-6-7-23-40(34)44)37-19-12-22-39(31-37)57-47-29-10-9-25-42(47)46-32-35-16-4-5-17-36(35)33-49(46)57/h1-33H. The first-order valence-electron chi connectivity index (χ1n) is 19.6. The molecule has 0 fully saturated rings. The highest BCUT2D eigenvalue weighted by Crippen LogP contribution is 2.40. The lowest BCUT2D eigenvalue weighted by Gasteiger charge is -2.14. The van der Waals surface area contributed by atoms with E-state index in [2.05, 4.69) is 209 Å². The van der Waals surface area contributed by atoms with E-state index in [4.69, 9.17) is 15.0 Å². The summed E-state index contributed by atoms with van der Waals surface area (Å²) in [7, 11) is 0. The minimum absolute atomic E-state index is 0.611. The summed E-state index contributed by atoms with van der Waals surface area (Å²) < 4.78 is 4.71. The Bertz CT molecular complexity index is 3570. The molecule has 0 radical (unpaired) electrons. The van der Waals surface area contributed by atoms with Crippen LogP contribution in [0.3, 0.4) is 0 Å². The molecule has 0 saturated heterocycles. The third-order valence-electron chi connectivity index (χ3n) is 11.5. The molecule has 12 aromatic rings. The van der Waals surface area contributed by atoms with Crippen molar-refractivity contribution in [3.05, 3.63) is 200 Å². The maximum absolute atomic E-state index is 5.38. The number of aromatic nitrogens is 5. The number of hydrogen-bond donors (Lipinski definition) is 0. The Balaban J connectivity index is 1.13. The van der Waals surface area contributed by atoms with Crippen LogP contribution in [-0.4, -0.2) is 24.1 Å². The van der Waals surface area contributed by atoms with Crippen molar-refractivity contribution in [1.29, 1.82) is 0 Å². The van der Waals surface area contributed by atoms with E-state index in [1.54, 1.807) is 0 Å². The first-order valence-corrected chi connectivity index (χ1v) is 19.6. The molecule has 0 aliphatic rings. The van der Waals surface area contributed by atoms with Gasteiger partial charge in [0.2, 0.25) is 0 Å². The van der Waals surface area contributed by atoms with Gasteiger partial charge < -0.3 is 9.13 Å². The number of benzene rings is 9. The Morgan fingerprint density at radius 3 is 1.64 bits per heavy atom. The molecule has 270 valence electrons. The van der Waals surface area contributed by atoms with Gasteiger partial charge in [0.15, 0.2) is 17.5 Å². The van der Waals surface area contributed by atoms with Gasteiger partial charge in [-0.3, -0.25) is 0 Å². The van der Waals surface area contributed by atoms with Crippen LogP contribution >= 0.6 is 0 Å². The fourth-order valence-electron chi connectivity index (χ4n) is 8.93. The highest BCUT2D eigenvalue weighted by atomic mass is 15.1. The van der Waals surface area contributed by atoms with Gasteiger partial charge in [0.05, 0.1) is 22.1 Å². The lowest BCUT2D eigenvalue weighted by molar-refractivity contribution is 1.07. The van der Waals surface area contributed by atoms with Gasteiger partial charge in [-0.1, -0.05) is 146 Å². The molecule has 0 spiro atoms.